The summed E-state index contributed by atoms with van der Waals surface area (Å²) in [4.78, 5) is 2.06. The van der Waals surface area contributed by atoms with Gasteiger partial charge < -0.3 is 9.05 Å². The van der Waals surface area contributed by atoms with E-state index < -0.39 is 17.8 Å². The Morgan fingerprint density at radius 2 is 1.13 bits per heavy atom. The first-order chi connectivity index (χ1) is 14.7. The van der Waals surface area contributed by atoms with Crippen molar-refractivity contribution in [3.63, 3.8) is 0 Å². The molecule has 0 saturated heterocycles. The fourth-order valence-corrected chi connectivity index (χ4v) is 5.58. The molecule has 1 aromatic heterocycles. The molecule has 0 N–H and O–H groups in total. The van der Waals surface area contributed by atoms with Crippen LogP contribution in [0.15, 0.2) is 72.8 Å². The Kier molecular flexibility index (Phi) is 9.71. The lowest BCUT2D eigenvalue weighted by atomic mass is 10.1. The summed E-state index contributed by atoms with van der Waals surface area (Å²) in [6, 6.07) is 24.0. The zero-order valence-electron chi connectivity index (χ0n) is 16.9. The molecule has 0 spiro atoms. The Bertz CT molecular complexity index is 924. The predicted molar refractivity (Wildman–Crippen MR) is 110 cm³/mol. The van der Waals surface area contributed by atoms with Crippen LogP contribution >= 0.6 is 18.9 Å². The standard InChI is InChI=1S/C21H22O3PS.ClHO4/c1-3-23-25(22,24-4-2)19-15-20(17-11-7-5-8-12-17)26-21(16-19)18-13-9-6-10-14-18;2-1(3,4)5/h5-16H,3-4H2,1-2H3;(H,2,3,4,5)/q+1;/p-1. The fraction of sp³-hybridized carbons (Fsp3) is 0.190. The van der Waals surface area contributed by atoms with Gasteiger partial charge in [-0.1, -0.05) is 36.4 Å². The van der Waals surface area contributed by atoms with E-state index >= 15 is 0 Å². The van der Waals surface area contributed by atoms with Gasteiger partial charge in [0.2, 0.25) is 21.1 Å². The Morgan fingerprint density at radius 3 is 1.45 bits per heavy atom. The summed E-state index contributed by atoms with van der Waals surface area (Å²) in [7, 11) is -8.30. The van der Waals surface area contributed by atoms with Crippen LogP contribution in [-0.4, -0.2) is 13.2 Å². The van der Waals surface area contributed by atoms with Crippen LogP contribution in [0.5, 0.6) is 0 Å². The van der Waals surface area contributed by atoms with Crippen molar-refractivity contribution < 1.29 is 42.5 Å². The lowest BCUT2D eigenvalue weighted by molar-refractivity contribution is -2.00. The van der Waals surface area contributed by atoms with E-state index in [0.29, 0.717) is 18.5 Å². The van der Waals surface area contributed by atoms with Gasteiger partial charge in [0.25, 0.3) is 0 Å². The largest absolute Gasteiger partial charge is 0.361 e. The maximum absolute atomic E-state index is 13.3. The summed E-state index contributed by atoms with van der Waals surface area (Å²) in [5.74, 6) is 0. The molecule has 0 aliphatic heterocycles. The average Bonchev–Trinajstić information content (AvgIpc) is 2.74. The lowest BCUT2D eigenvalue weighted by Gasteiger charge is -2.17. The van der Waals surface area contributed by atoms with Gasteiger partial charge in [-0.05, 0) is 38.1 Å². The van der Waals surface area contributed by atoms with Gasteiger partial charge in [0.1, 0.15) is 0 Å². The first-order valence-electron chi connectivity index (χ1n) is 9.26. The zero-order valence-corrected chi connectivity index (χ0v) is 19.4. The molecule has 0 amide bonds. The minimum absolute atomic E-state index is 0.330. The number of hydrogen-bond donors (Lipinski definition) is 0. The van der Waals surface area contributed by atoms with E-state index in [1.54, 1.807) is 11.3 Å². The molecule has 1 heterocycles. The summed E-state index contributed by atoms with van der Waals surface area (Å²) in [5.41, 5.74) is 2.16. The maximum Gasteiger partial charge on any atom is 0.361 e. The smallest absolute Gasteiger partial charge is 0.305 e. The Labute approximate surface area is 187 Å². The van der Waals surface area contributed by atoms with E-state index in [1.807, 2.05) is 62.4 Å². The van der Waals surface area contributed by atoms with Gasteiger partial charge in [-0.3, -0.25) is 4.57 Å². The van der Waals surface area contributed by atoms with Crippen molar-refractivity contribution in [3.05, 3.63) is 72.8 Å². The molecule has 0 aliphatic rings. The molecule has 31 heavy (non-hydrogen) atoms. The minimum Gasteiger partial charge on any atom is -0.305 e. The summed E-state index contributed by atoms with van der Waals surface area (Å²) in [6.45, 7) is 4.31. The van der Waals surface area contributed by atoms with Crippen molar-refractivity contribution in [2.45, 2.75) is 13.8 Å². The Balaban J connectivity index is 0.000000614. The molecule has 166 valence electrons. The van der Waals surface area contributed by atoms with Crippen molar-refractivity contribution in [3.8, 4) is 20.9 Å². The highest BCUT2D eigenvalue weighted by molar-refractivity contribution is 7.62. The Morgan fingerprint density at radius 1 is 0.774 bits per heavy atom. The lowest BCUT2D eigenvalue weighted by Crippen LogP contribution is -2.68. The molecule has 3 aromatic rings. The number of benzene rings is 2. The highest BCUT2D eigenvalue weighted by Gasteiger charge is 2.31. The third-order valence-corrected chi connectivity index (χ3v) is 7.04. The topological polar surface area (TPSA) is 128 Å². The van der Waals surface area contributed by atoms with Crippen molar-refractivity contribution >= 4 is 24.2 Å². The van der Waals surface area contributed by atoms with E-state index in [-0.39, 0.29) is 0 Å². The summed E-state index contributed by atoms with van der Waals surface area (Å²) >= 11 is 1.66. The van der Waals surface area contributed by atoms with Crippen LogP contribution in [0, 0.1) is 10.2 Å². The van der Waals surface area contributed by atoms with E-state index in [4.69, 9.17) is 27.7 Å². The van der Waals surface area contributed by atoms with Gasteiger partial charge in [0.15, 0.2) is 0 Å². The number of halogens is 1. The maximum atomic E-state index is 13.3. The van der Waals surface area contributed by atoms with Gasteiger partial charge in [0.05, 0.1) is 18.5 Å². The van der Waals surface area contributed by atoms with Crippen molar-refractivity contribution in [2.24, 2.45) is 0 Å². The second kappa shape index (κ2) is 11.8. The molecule has 0 unspecified atom stereocenters. The normalized spacial score (nSPS) is 11.5. The first kappa shape index (κ1) is 25.5. The van der Waals surface area contributed by atoms with Crippen molar-refractivity contribution in [1.29, 1.82) is 0 Å². The van der Waals surface area contributed by atoms with Crippen LogP contribution in [0.2, 0.25) is 0 Å². The molecule has 0 saturated carbocycles. The molecular weight excluding hydrogens is 463 g/mol. The van der Waals surface area contributed by atoms with E-state index in [2.05, 4.69) is 24.3 Å². The summed E-state index contributed by atoms with van der Waals surface area (Å²) < 4.78 is 58.5. The van der Waals surface area contributed by atoms with Gasteiger partial charge in [-0.15, -0.1) is 10.2 Å². The van der Waals surface area contributed by atoms with Crippen LogP contribution < -0.4 is 23.9 Å². The third kappa shape index (κ3) is 8.38. The van der Waals surface area contributed by atoms with E-state index in [9.17, 15) is 4.57 Å². The molecule has 0 aliphatic carbocycles. The third-order valence-electron chi connectivity index (χ3n) is 3.81. The monoisotopic (exact) mass is 484 g/mol. The van der Waals surface area contributed by atoms with Gasteiger partial charge in [-0.25, -0.2) is 18.6 Å². The Hall–Kier alpha value is -1.71. The molecule has 10 heteroatoms. The molecule has 0 radical (unpaired) electrons. The molecule has 3 rings (SSSR count). The second-order valence-electron chi connectivity index (χ2n) is 5.99. The van der Waals surface area contributed by atoms with E-state index in [0.717, 1.165) is 20.9 Å². The molecule has 7 nitrogen and oxygen atoms in total. The van der Waals surface area contributed by atoms with Crippen LogP contribution in [0.25, 0.3) is 20.9 Å². The van der Waals surface area contributed by atoms with Crippen molar-refractivity contribution in [2.75, 3.05) is 13.2 Å². The quantitative estimate of drug-likeness (QED) is 0.367. The molecule has 0 bridgehead atoms. The van der Waals surface area contributed by atoms with Gasteiger partial charge in [0, 0.05) is 23.3 Å². The molecule has 2 aromatic carbocycles. The fourth-order valence-electron chi connectivity index (χ4n) is 2.66. The SMILES string of the molecule is CCOP(=O)(OCC)c1cc(-c2ccccc2)[s+]c(-c2ccccc2)c1.[O-][Cl+3]([O-])([O-])[O-]. The second-order valence-corrected chi connectivity index (χ2v) is 9.85. The van der Waals surface area contributed by atoms with Crippen LogP contribution in [0.1, 0.15) is 13.8 Å². The highest BCUT2D eigenvalue weighted by Crippen LogP contribution is 2.48. The summed E-state index contributed by atoms with van der Waals surface area (Å²) in [5, 5.41) is 0.595. The van der Waals surface area contributed by atoms with Crippen LogP contribution in [0.4, 0.5) is 0 Å². The average molecular weight is 485 g/mol. The number of hydrogen-bond acceptors (Lipinski definition) is 7. The molecule has 0 fully saturated rings. The molecular formula is C21H22ClO7PS. The van der Waals surface area contributed by atoms with Crippen LogP contribution in [-0.2, 0) is 13.6 Å². The van der Waals surface area contributed by atoms with Gasteiger partial charge >= 0.3 is 7.60 Å². The van der Waals surface area contributed by atoms with Crippen molar-refractivity contribution in [1.82, 2.24) is 0 Å². The van der Waals surface area contributed by atoms with Crippen LogP contribution in [0.3, 0.4) is 0 Å². The summed E-state index contributed by atoms with van der Waals surface area (Å²) in [6.07, 6.45) is 0. The highest BCUT2D eigenvalue weighted by atomic mass is 35.7. The minimum atomic E-state index is -4.94. The molecule has 0 atom stereocenters. The zero-order chi connectivity index (χ0) is 22.9. The predicted octanol–water partition coefficient (Wildman–Crippen LogP) is 1.50. The van der Waals surface area contributed by atoms with E-state index in [1.165, 1.54) is 0 Å². The first-order valence-corrected chi connectivity index (χ1v) is 12.9. The van der Waals surface area contributed by atoms with Gasteiger partial charge in [-0.2, -0.15) is 0 Å². The number of rotatable bonds is 7.